The van der Waals surface area contributed by atoms with Crippen LogP contribution >= 0.6 is 11.3 Å². The first-order chi connectivity index (χ1) is 5.88. The third-order valence-corrected chi connectivity index (χ3v) is 1.98. The summed E-state index contributed by atoms with van der Waals surface area (Å²) >= 11 is 1.58. The third kappa shape index (κ3) is 2.27. The smallest absolute Gasteiger partial charge is 0.217 e. The fraction of sp³-hybridized carbons (Fsp3) is 0.333. The summed E-state index contributed by atoms with van der Waals surface area (Å²) in [5, 5.41) is 2.89. The van der Waals surface area contributed by atoms with Crippen LogP contribution in [-0.4, -0.2) is 13.2 Å². The van der Waals surface area contributed by atoms with Crippen molar-refractivity contribution in [2.45, 2.75) is 6.92 Å². The van der Waals surface area contributed by atoms with Crippen molar-refractivity contribution < 1.29 is 9.47 Å². The van der Waals surface area contributed by atoms with E-state index in [9.17, 15) is 0 Å². The van der Waals surface area contributed by atoms with Crippen LogP contribution in [0.4, 0.5) is 0 Å². The predicted octanol–water partition coefficient (Wildman–Crippen LogP) is 2.71. The molecule has 0 aromatic carbocycles. The van der Waals surface area contributed by atoms with Crippen LogP contribution in [0.5, 0.6) is 10.8 Å². The summed E-state index contributed by atoms with van der Waals surface area (Å²) in [5.41, 5.74) is 0. The molecule has 2 heterocycles. The molecule has 0 atom stereocenters. The van der Waals surface area contributed by atoms with E-state index in [2.05, 4.69) is 6.58 Å². The largest absolute Gasteiger partial charge is 0.485 e. The molecule has 1 aromatic rings. The van der Waals surface area contributed by atoms with E-state index >= 15 is 0 Å². The van der Waals surface area contributed by atoms with Gasteiger partial charge in [0.05, 0.1) is 0 Å². The standard InChI is InChI=1S/C6H6O2S.C3H6/c1-4-9-6-5(1)7-2-3-8-6;1-3-2/h1,4H,2-3H2;3H,1H2,2H3. The zero-order valence-corrected chi connectivity index (χ0v) is 7.89. The molecule has 0 saturated carbocycles. The van der Waals surface area contributed by atoms with Gasteiger partial charge in [0.1, 0.15) is 13.2 Å². The lowest BCUT2D eigenvalue weighted by Crippen LogP contribution is -2.13. The number of hydrogen-bond acceptors (Lipinski definition) is 3. The Labute approximate surface area is 76.4 Å². The quantitative estimate of drug-likeness (QED) is 0.577. The van der Waals surface area contributed by atoms with E-state index < -0.39 is 0 Å². The highest BCUT2D eigenvalue weighted by molar-refractivity contribution is 7.12. The Morgan fingerprint density at radius 1 is 1.50 bits per heavy atom. The Bertz CT molecular complexity index is 222. The average molecular weight is 184 g/mol. The van der Waals surface area contributed by atoms with Gasteiger partial charge in [0.25, 0.3) is 0 Å². The van der Waals surface area contributed by atoms with Crippen molar-refractivity contribution in [3.63, 3.8) is 0 Å². The minimum Gasteiger partial charge on any atom is -0.485 e. The van der Waals surface area contributed by atoms with Crippen molar-refractivity contribution in [1.29, 1.82) is 0 Å². The third-order valence-electron chi connectivity index (χ3n) is 1.17. The highest BCUT2D eigenvalue weighted by Gasteiger charge is 2.10. The summed E-state index contributed by atoms with van der Waals surface area (Å²) in [6.07, 6.45) is 1.75. The highest BCUT2D eigenvalue weighted by Crippen LogP contribution is 2.35. The zero-order valence-electron chi connectivity index (χ0n) is 7.08. The summed E-state index contributed by atoms with van der Waals surface area (Å²) in [4.78, 5) is 0. The fourth-order valence-electron chi connectivity index (χ4n) is 0.782. The van der Waals surface area contributed by atoms with Gasteiger partial charge in [0.15, 0.2) is 5.75 Å². The maximum atomic E-state index is 5.26. The number of rotatable bonds is 0. The molecule has 66 valence electrons. The molecule has 0 N–H and O–H groups in total. The Hall–Kier alpha value is -0.960. The van der Waals surface area contributed by atoms with Crippen molar-refractivity contribution in [2.24, 2.45) is 0 Å². The van der Waals surface area contributed by atoms with Gasteiger partial charge in [-0.2, -0.15) is 0 Å². The van der Waals surface area contributed by atoms with Crippen molar-refractivity contribution in [1.82, 2.24) is 0 Å². The van der Waals surface area contributed by atoms with Crippen LogP contribution in [-0.2, 0) is 0 Å². The Morgan fingerprint density at radius 2 is 2.17 bits per heavy atom. The second kappa shape index (κ2) is 4.83. The molecule has 1 aliphatic heterocycles. The topological polar surface area (TPSA) is 18.5 Å². The molecule has 0 aliphatic carbocycles. The lowest BCUT2D eigenvalue weighted by atomic mass is 10.5. The molecule has 2 rings (SSSR count). The van der Waals surface area contributed by atoms with Gasteiger partial charge in [-0.1, -0.05) is 6.08 Å². The minimum absolute atomic E-state index is 0.684. The van der Waals surface area contributed by atoms with Crippen LogP contribution in [0.2, 0.25) is 0 Å². The van der Waals surface area contributed by atoms with Gasteiger partial charge in [-0.05, 0) is 18.4 Å². The monoisotopic (exact) mass is 184 g/mol. The van der Waals surface area contributed by atoms with Crippen molar-refractivity contribution >= 4 is 11.3 Å². The average Bonchev–Trinajstić information content (AvgIpc) is 2.52. The number of fused-ring (bicyclic) bond motifs is 1. The van der Waals surface area contributed by atoms with E-state index in [1.807, 2.05) is 18.4 Å². The zero-order chi connectivity index (χ0) is 8.81. The predicted molar refractivity (Wildman–Crippen MR) is 51.2 cm³/mol. The van der Waals surface area contributed by atoms with Crippen LogP contribution in [0, 0.1) is 0 Å². The first-order valence-electron chi connectivity index (χ1n) is 3.78. The SMILES string of the molecule is C=CC.c1cc2c(s1)OCCO2. The second-order valence-corrected chi connectivity index (χ2v) is 3.06. The van der Waals surface area contributed by atoms with Gasteiger partial charge in [-0.15, -0.1) is 17.9 Å². The van der Waals surface area contributed by atoms with Gasteiger partial charge in [-0.3, -0.25) is 0 Å². The number of hydrogen-bond donors (Lipinski definition) is 0. The molecule has 0 spiro atoms. The minimum atomic E-state index is 0.684. The molecule has 12 heavy (non-hydrogen) atoms. The van der Waals surface area contributed by atoms with Crippen LogP contribution in [0.25, 0.3) is 0 Å². The lowest BCUT2D eigenvalue weighted by Gasteiger charge is -2.13. The molecule has 3 heteroatoms. The number of ether oxygens (including phenoxy) is 2. The van der Waals surface area contributed by atoms with E-state index in [4.69, 9.17) is 9.47 Å². The van der Waals surface area contributed by atoms with E-state index in [0.717, 1.165) is 10.8 Å². The molecule has 0 fully saturated rings. The first-order valence-corrected chi connectivity index (χ1v) is 4.66. The Kier molecular flexibility index (Phi) is 3.67. The number of thiophene rings is 1. The van der Waals surface area contributed by atoms with Gasteiger partial charge in [-0.25, -0.2) is 0 Å². The maximum absolute atomic E-state index is 5.26. The molecular formula is C9H12O2S. The Balaban J connectivity index is 0.000000213. The first kappa shape index (κ1) is 9.13. The van der Waals surface area contributed by atoms with Crippen molar-refractivity contribution in [3.8, 4) is 10.8 Å². The van der Waals surface area contributed by atoms with E-state index in [-0.39, 0.29) is 0 Å². The Morgan fingerprint density at radius 3 is 2.83 bits per heavy atom. The summed E-state index contributed by atoms with van der Waals surface area (Å²) < 4.78 is 10.5. The summed E-state index contributed by atoms with van der Waals surface area (Å²) in [6, 6.07) is 1.93. The van der Waals surface area contributed by atoms with Gasteiger partial charge >= 0.3 is 0 Å². The van der Waals surface area contributed by atoms with Crippen LogP contribution in [0.15, 0.2) is 24.1 Å². The lowest BCUT2D eigenvalue weighted by molar-refractivity contribution is 0.178. The van der Waals surface area contributed by atoms with Crippen LogP contribution in [0.3, 0.4) is 0 Å². The van der Waals surface area contributed by atoms with Crippen LogP contribution in [0.1, 0.15) is 6.92 Å². The number of allylic oxidation sites excluding steroid dienone is 1. The molecule has 2 nitrogen and oxygen atoms in total. The van der Waals surface area contributed by atoms with Gasteiger partial charge in [0.2, 0.25) is 5.06 Å². The maximum Gasteiger partial charge on any atom is 0.217 e. The molecule has 0 amide bonds. The molecule has 1 aromatic heterocycles. The highest BCUT2D eigenvalue weighted by atomic mass is 32.1. The second-order valence-electron chi connectivity index (χ2n) is 2.18. The normalized spacial score (nSPS) is 12.8. The van der Waals surface area contributed by atoms with Crippen molar-refractivity contribution in [2.75, 3.05) is 13.2 Å². The van der Waals surface area contributed by atoms with Crippen LogP contribution < -0.4 is 9.47 Å². The van der Waals surface area contributed by atoms with E-state index in [0.29, 0.717) is 13.2 Å². The van der Waals surface area contributed by atoms with E-state index in [1.165, 1.54) is 0 Å². The summed E-state index contributed by atoms with van der Waals surface area (Å²) in [7, 11) is 0. The molecule has 0 radical (unpaired) electrons. The molecule has 0 saturated heterocycles. The molecular weight excluding hydrogens is 172 g/mol. The molecule has 0 unspecified atom stereocenters. The molecule has 1 aliphatic rings. The van der Waals surface area contributed by atoms with E-state index in [1.54, 1.807) is 17.4 Å². The van der Waals surface area contributed by atoms with Gasteiger partial charge < -0.3 is 9.47 Å². The van der Waals surface area contributed by atoms with Crippen molar-refractivity contribution in [3.05, 3.63) is 24.1 Å². The molecule has 0 bridgehead atoms. The summed E-state index contributed by atoms with van der Waals surface area (Å²) in [6.45, 7) is 6.62. The summed E-state index contributed by atoms with van der Waals surface area (Å²) in [5.74, 6) is 0.895. The fourth-order valence-corrected chi connectivity index (χ4v) is 1.49. The van der Waals surface area contributed by atoms with Gasteiger partial charge in [0, 0.05) is 0 Å².